The van der Waals surface area contributed by atoms with E-state index in [2.05, 4.69) is 0 Å². The first kappa shape index (κ1) is 29.4. The Kier molecular flexibility index (Phi) is 7.88. The van der Waals surface area contributed by atoms with Crippen LogP contribution >= 0.6 is 23.5 Å². The molecule has 0 aliphatic rings. The number of nitrogens with zero attached hydrogens (tertiary/aromatic N) is 2. The maximum Gasteiger partial charge on any atom is 0.335 e. The van der Waals surface area contributed by atoms with Gasteiger partial charge in [-0.1, -0.05) is 59.6 Å². The minimum absolute atomic E-state index is 0.0606. The summed E-state index contributed by atoms with van der Waals surface area (Å²) in [6, 6.07) is 28.1. The maximum absolute atomic E-state index is 13.6. The summed E-state index contributed by atoms with van der Waals surface area (Å²) in [6.07, 6.45) is -0.862. The highest BCUT2D eigenvalue weighted by Crippen LogP contribution is 2.45. The Balaban J connectivity index is 1.64. The van der Waals surface area contributed by atoms with Crippen LogP contribution in [0.3, 0.4) is 0 Å². The van der Waals surface area contributed by atoms with Gasteiger partial charge < -0.3 is 9.67 Å². The highest BCUT2D eigenvalue weighted by atomic mass is 35.5. The van der Waals surface area contributed by atoms with Gasteiger partial charge in [-0.05, 0) is 79.0 Å². The number of hydrogen-bond acceptors (Lipinski definition) is 3. The van der Waals surface area contributed by atoms with Crippen LogP contribution in [0, 0.1) is 6.92 Å². The number of halogens is 3. The number of aromatic carboxylic acids is 1. The van der Waals surface area contributed by atoms with Gasteiger partial charge in [0.25, 0.3) is 12.0 Å². The Bertz CT molecular complexity index is 2120. The number of pyridine rings is 1. The number of carboxylic acids is 1. The molecule has 0 amide bonds. The van der Waals surface area contributed by atoms with Crippen LogP contribution in [-0.2, 0) is 7.05 Å². The maximum atomic E-state index is 13.6. The lowest BCUT2D eigenvalue weighted by atomic mass is 9.96. The van der Waals surface area contributed by atoms with Crippen molar-refractivity contribution < 1.29 is 18.7 Å². The molecule has 1 N–H and O–H groups in total. The molecule has 9 heteroatoms. The summed E-state index contributed by atoms with van der Waals surface area (Å²) in [6.45, 7) is 1.99. The summed E-state index contributed by atoms with van der Waals surface area (Å²) in [4.78, 5) is 25.8. The van der Waals surface area contributed by atoms with E-state index in [1.54, 1.807) is 37.5 Å². The molecule has 6 rings (SSSR count). The van der Waals surface area contributed by atoms with Gasteiger partial charge in [0.2, 0.25) is 0 Å². The zero-order valence-electron chi connectivity index (χ0n) is 23.6. The van der Waals surface area contributed by atoms with Crippen LogP contribution in [0.25, 0.3) is 44.4 Å². The Morgan fingerprint density at radius 3 is 2.34 bits per heavy atom. The van der Waals surface area contributed by atoms with E-state index in [1.807, 2.05) is 59.4 Å². The molecule has 0 saturated carbocycles. The van der Waals surface area contributed by atoms with Crippen LogP contribution in [0.5, 0.6) is 0 Å². The number of carbonyl (C=O) groups is 1. The fraction of sp³-hybridized carbons (Fsp3) is 0.0857. The normalized spacial score (nSPS) is 11.4. The number of hydrogen-bond donors (Lipinski definition) is 1. The van der Waals surface area contributed by atoms with E-state index in [0.29, 0.717) is 16.1 Å². The largest absolute Gasteiger partial charge is 0.478 e. The van der Waals surface area contributed by atoms with Crippen LogP contribution in [-0.4, -0.2) is 19.6 Å². The van der Waals surface area contributed by atoms with Crippen LogP contribution < -0.4 is 5.56 Å². The lowest BCUT2D eigenvalue weighted by Crippen LogP contribution is -2.17. The van der Waals surface area contributed by atoms with Gasteiger partial charge in [0.1, 0.15) is 0 Å². The predicted molar refractivity (Wildman–Crippen MR) is 173 cm³/mol. The highest BCUT2D eigenvalue weighted by molar-refractivity contribution is 7.98. The topological polar surface area (TPSA) is 64.2 Å². The lowest BCUT2D eigenvalue weighted by Gasteiger charge is -2.14. The molecule has 0 bridgehead atoms. The van der Waals surface area contributed by atoms with Crippen molar-refractivity contribution in [2.24, 2.45) is 7.05 Å². The van der Waals surface area contributed by atoms with Crippen LogP contribution in [0.15, 0.2) is 113 Å². The Labute approximate surface area is 261 Å². The highest BCUT2D eigenvalue weighted by Gasteiger charge is 2.24. The molecule has 6 aromatic rings. The van der Waals surface area contributed by atoms with E-state index in [1.165, 1.54) is 40.8 Å². The van der Waals surface area contributed by atoms with Crippen molar-refractivity contribution in [3.8, 4) is 33.5 Å². The molecule has 0 radical (unpaired) electrons. The molecular weight excluding hydrogens is 602 g/mol. The molecule has 5 nitrogen and oxygen atoms in total. The SMILES string of the molecule is Cc1ccc2c(c1)c(-c1cccn(C)c1=O)c(-c1cccc(-c3ccc(C(=O)O)cc3Cl)c1)n2Sc1ccc(C(F)F)cc1. The summed E-state index contributed by atoms with van der Waals surface area (Å²) in [5.74, 6) is -1.07. The smallest absolute Gasteiger partial charge is 0.335 e. The summed E-state index contributed by atoms with van der Waals surface area (Å²) in [5.41, 5.74) is 5.93. The fourth-order valence-corrected chi connectivity index (χ4v) is 6.59. The lowest BCUT2D eigenvalue weighted by molar-refractivity contribution is 0.0697. The quantitative estimate of drug-likeness (QED) is 0.192. The van der Waals surface area contributed by atoms with Gasteiger partial charge >= 0.3 is 5.97 Å². The van der Waals surface area contributed by atoms with Gasteiger partial charge in [-0.25, -0.2) is 13.6 Å². The van der Waals surface area contributed by atoms with Crippen molar-refractivity contribution >= 4 is 40.4 Å². The minimum atomic E-state index is -2.57. The third-order valence-electron chi connectivity index (χ3n) is 7.46. The van der Waals surface area contributed by atoms with Crippen LogP contribution in [0.2, 0.25) is 5.02 Å². The second-order valence-corrected chi connectivity index (χ2v) is 11.8. The molecule has 0 spiro atoms. The van der Waals surface area contributed by atoms with E-state index in [0.717, 1.165) is 43.7 Å². The third kappa shape index (κ3) is 5.42. The second-order valence-electron chi connectivity index (χ2n) is 10.4. The van der Waals surface area contributed by atoms with E-state index < -0.39 is 12.4 Å². The first-order valence-corrected chi connectivity index (χ1v) is 14.8. The van der Waals surface area contributed by atoms with Gasteiger partial charge in [0.15, 0.2) is 0 Å². The van der Waals surface area contributed by atoms with Gasteiger partial charge in [0.05, 0.1) is 16.8 Å². The molecule has 0 unspecified atom stereocenters. The fourth-order valence-electron chi connectivity index (χ4n) is 5.29. The molecule has 2 aromatic heterocycles. The molecule has 0 aliphatic heterocycles. The summed E-state index contributed by atoms with van der Waals surface area (Å²) in [7, 11) is 1.71. The molecule has 220 valence electrons. The number of aromatic nitrogens is 2. The molecule has 4 aromatic carbocycles. The molecule has 44 heavy (non-hydrogen) atoms. The Morgan fingerprint density at radius 1 is 0.886 bits per heavy atom. The molecule has 0 fully saturated rings. The number of alkyl halides is 2. The van der Waals surface area contributed by atoms with Crippen molar-refractivity contribution in [2.75, 3.05) is 0 Å². The predicted octanol–water partition coefficient (Wildman–Crippen LogP) is 9.49. The molecule has 0 aliphatic carbocycles. The van der Waals surface area contributed by atoms with E-state index in [9.17, 15) is 23.5 Å². The molecule has 0 saturated heterocycles. The summed E-state index contributed by atoms with van der Waals surface area (Å²) >= 11 is 7.93. The Morgan fingerprint density at radius 2 is 1.64 bits per heavy atom. The number of benzene rings is 4. The van der Waals surface area contributed by atoms with Crippen molar-refractivity contribution in [1.29, 1.82) is 0 Å². The first-order valence-electron chi connectivity index (χ1n) is 13.6. The minimum Gasteiger partial charge on any atom is -0.478 e. The standard InChI is InChI=1S/C35H25ClF2N2O3S/c1-20-8-15-30-28(17-20)31(27-7-4-16-39(2)34(27)41)32(40(30)44-25-12-9-21(10-13-25)33(37)38)23-6-3-5-22(18-23)26-14-11-24(35(42)43)19-29(26)36/h3-19,33H,1-2H3,(H,42,43). The molecule has 2 heterocycles. The average Bonchev–Trinajstić information content (AvgIpc) is 3.31. The van der Waals surface area contributed by atoms with Crippen LogP contribution in [0.1, 0.15) is 27.9 Å². The number of aryl methyl sites for hydroxylation is 2. The summed E-state index contributed by atoms with van der Waals surface area (Å²) < 4.78 is 30.2. The van der Waals surface area contributed by atoms with Crippen molar-refractivity contribution in [3.63, 3.8) is 0 Å². The Hall–Kier alpha value is -4.66. The van der Waals surface area contributed by atoms with E-state index in [4.69, 9.17) is 11.6 Å². The van der Waals surface area contributed by atoms with Gasteiger partial charge in [-0.3, -0.25) is 8.77 Å². The van der Waals surface area contributed by atoms with Gasteiger partial charge in [-0.2, -0.15) is 0 Å². The van der Waals surface area contributed by atoms with Gasteiger partial charge in [-0.15, -0.1) is 0 Å². The number of fused-ring (bicyclic) bond motifs is 1. The molecule has 0 atom stereocenters. The zero-order valence-corrected chi connectivity index (χ0v) is 25.2. The summed E-state index contributed by atoms with van der Waals surface area (Å²) in [5, 5.41) is 10.6. The molecular formula is C35H25ClF2N2O3S. The van der Waals surface area contributed by atoms with Crippen molar-refractivity contribution in [1.82, 2.24) is 8.54 Å². The van der Waals surface area contributed by atoms with E-state index in [-0.39, 0.29) is 16.7 Å². The van der Waals surface area contributed by atoms with Crippen LogP contribution in [0.4, 0.5) is 8.78 Å². The van der Waals surface area contributed by atoms with Crippen molar-refractivity contribution in [2.45, 2.75) is 18.2 Å². The number of carboxylic acid groups (broad SMARTS) is 1. The van der Waals surface area contributed by atoms with Crippen molar-refractivity contribution in [3.05, 3.63) is 135 Å². The second kappa shape index (κ2) is 11.8. The average molecular weight is 627 g/mol. The van der Waals surface area contributed by atoms with Gasteiger partial charge in [0, 0.05) is 56.4 Å². The zero-order chi connectivity index (χ0) is 31.1. The number of rotatable bonds is 7. The first-order chi connectivity index (χ1) is 21.1. The van der Waals surface area contributed by atoms with E-state index >= 15 is 0 Å². The monoisotopic (exact) mass is 626 g/mol. The third-order valence-corrected chi connectivity index (χ3v) is 8.82.